The molecule has 0 spiro atoms. The van der Waals surface area contributed by atoms with E-state index >= 15 is 0 Å². The normalized spacial score (nSPS) is 12.0. The first-order chi connectivity index (χ1) is 6.12. The molecule has 0 aromatic rings. The van der Waals surface area contributed by atoms with Gasteiger partial charge in [-0.2, -0.15) is 0 Å². The van der Waals surface area contributed by atoms with Crippen LogP contribution in [0.2, 0.25) is 0 Å². The minimum atomic E-state index is 0.346. The molecular weight excluding hydrogens is 160 g/mol. The van der Waals surface area contributed by atoms with Gasteiger partial charge < -0.3 is 5.11 Å². The monoisotopic (exact) mass is 186 g/mol. The van der Waals surface area contributed by atoms with Crippen LogP contribution in [-0.2, 0) is 0 Å². The molecule has 0 bridgehead atoms. The number of aliphatic hydroxyl groups excluding tert-OH is 1. The lowest BCUT2D eigenvalue weighted by molar-refractivity contribution is 0.228. The van der Waals surface area contributed by atoms with Crippen molar-refractivity contribution in [3.63, 3.8) is 0 Å². The minimum absolute atomic E-state index is 0.346. The number of rotatable bonds is 8. The molecule has 0 saturated heterocycles. The average Bonchev–Trinajstić information content (AvgIpc) is 2.09. The smallest absolute Gasteiger partial charge is 0.0431 e. The summed E-state index contributed by atoms with van der Waals surface area (Å²) in [6.45, 7) is 7.22. The zero-order chi connectivity index (χ0) is 10.2. The zero-order valence-electron chi connectivity index (χ0n) is 9.60. The molecular formula is C12H26O. The predicted molar refractivity (Wildman–Crippen MR) is 58.9 cm³/mol. The first-order valence-electron chi connectivity index (χ1n) is 5.73. The number of hydrogen-bond acceptors (Lipinski definition) is 1. The van der Waals surface area contributed by atoms with Gasteiger partial charge in [-0.1, -0.05) is 46.5 Å². The third-order valence-electron chi connectivity index (χ3n) is 2.72. The molecule has 1 heteroatoms. The van der Waals surface area contributed by atoms with E-state index in [1.54, 1.807) is 0 Å². The van der Waals surface area contributed by atoms with E-state index in [2.05, 4.69) is 20.8 Å². The van der Waals surface area contributed by atoms with Gasteiger partial charge in [0.25, 0.3) is 0 Å². The Bertz CT molecular complexity index is 108. The SMILES string of the molecule is CCCCCCC(C)(C)CCCO. The molecule has 0 aliphatic carbocycles. The van der Waals surface area contributed by atoms with Crippen molar-refractivity contribution in [2.75, 3.05) is 6.61 Å². The van der Waals surface area contributed by atoms with Gasteiger partial charge in [0, 0.05) is 6.61 Å². The molecule has 0 rings (SSSR count). The topological polar surface area (TPSA) is 20.2 Å². The van der Waals surface area contributed by atoms with Crippen molar-refractivity contribution in [2.24, 2.45) is 5.41 Å². The maximum absolute atomic E-state index is 8.74. The molecule has 80 valence electrons. The molecule has 0 aliphatic rings. The van der Waals surface area contributed by atoms with Crippen molar-refractivity contribution in [3.05, 3.63) is 0 Å². The van der Waals surface area contributed by atoms with Crippen molar-refractivity contribution in [3.8, 4) is 0 Å². The number of unbranched alkanes of at least 4 members (excludes halogenated alkanes) is 3. The summed E-state index contributed by atoms with van der Waals surface area (Å²) in [5.41, 5.74) is 0.441. The maximum Gasteiger partial charge on any atom is 0.0431 e. The van der Waals surface area contributed by atoms with E-state index in [4.69, 9.17) is 5.11 Å². The maximum atomic E-state index is 8.74. The van der Waals surface area contributed by atoms with E-state index < -0.39 is 0 Å². The van der Waals surface area contributed by atoms with Crippen molar-refractivity contribution in [2.45, 2.75) is 65.7 Å². The molecule has 1 nitrogen and oxygen atoms in total. The third kappa shape index (κ3) is 8.29. The zero-order valence-corrected chi connectivity index (χ0v) is 9.60. The largest absolute Gasteiger partial charge is 0.396 e. The van der Waals surface area contributed by atoms with Crippen LogP contribution in [0.3, 0.4) is 0 Å². The van der Waals surface area contributed by atoms with Gasteiger partial charge in [-0.05, 0) is 24.7 Å². The fourth-order valence-corrected chi connectivity index (χ4v) is 1.71. The second-order valence-corrected chi connectivity index (χ2v) is 4.80. The van der Waals surface area contributed by atoms with Crippen molar-refractivity contribution in [1.82, 2.24) is 0 Å². The van der Waals surface area contributed by atoms with Gasteiger partial charge in [0.2, 0.25) is 0 Å². The van der Waals surface area contributed by atoms with Crippen LogP contribution in [0.4, 0.5) is 0 Å². The molecule has 0 amide bonds. The fourth-order valence-electron chi connectivity index (χ4n) is 1.71. The van der Waals surface area contributed by atoms with Gasteiger partial charge in [-0.3, -0.25) is 0 Å². The van der Waals surface area contributed by atoms with E-state index in [1.807, 2.05) is 0 Å². The molecule has 0 heterocycles. The summed E-state index contributed by atoms with van der Waals surface area (Å²) in [5.74, 6) is 0. The van der Waals surface area contributed by atoms with Gasteiger partial charge in [0.1, 0.15) is 0 Å². The summed E-state index contributed by atoms with van der Waals surface area (Å²) in [7, 11) is 0. The van der Waals surface area contributed by atoms with E-state index in [-0.39, 0.29) is 0 Å². The lowest BCUT2D eigenvalue weighted by Gasteiger charge is -2.24. The molecule has 0 radical (unpaired) electrons. The Hall–Kier alpha value is -0.0400. The molecule has 0 atom stereocenters. The fraction of sp³-hybridized carbons (Fsp3) is 1.00. The second-order valence-electron chi connectivity index (χ2n) is 4.80. The highest BCUT2D eigenvalue weighted by molar-refractivity contribution is 4.68. The second kappa shape index (κ2) is 7.37. The van der Waals surface area contributed by atoms with Crippen LogP contribution in [0.5, 0.6) is 0 Å². The highest BCUT2D eigenvalue weighted by Crippen LogP contribution is 2.28. The van der Waals surface area contributed by atoms with Gasteiger partial charge in [-0.25, -0.2) is 0 Å². The predicted octanol–water partition coefficient (Wildman–Crippen LogP) is 3.76. The van der Waals surface area contributed by atoms with Crippen LogP contribution in [0.25, 0.3) is 0 Å². The van der Waals surface area contributed by atoms with E-state index in [0.717, 1.165) is 12.8 Å². The summed E-state index contributed by atoms with van der Waals surface area (Å²) in [6.07, 6.45) is 8.85. The average molecular weight is 186 g/mol. The summed E-state index contributed by atoms with van der Waals surface area (Å²) in [6, 6.07) is 0. The Balaban J connectivity index is 3.39. The quantitative estimate of drug-likeness (QED) is 0.572. The molecule has 0 aromatic heterocycles. The standard InChI is InChI=1S/C12H26O/c1-4-5-6-7-9-12(2,3)10-8-11-13/h13H,4-11H2,1-3H3. The first-order valence-corrected chi connectivity index (χ1v) is 5.73. The molecule has 0 saturated carbocycles. The number of hydrogen-bond donors (Lipinski definition) is 1. The summed E-state index contributed by atoms with van der Waals surface area (Å²) in [5, 5.41) is 8.74. The molecule has 0 aliphatic heterocycles. The van der Waals surface area contributed by atoms with Crippen molar-refractivity contribution >= 4 is 0 Å². The number of aliphatic hydroxyl groups is 1. The minimum Gasteiger partial charge on any atom is -0.396 e. The Kier molecular flexibility index (Phi) is 7.35. The Morgan fingerprint density at radius 2 is 1.54 bits per heavy atom. The van der Waals surface area contributed by atoms with Crippen LogP contribution >= 0.6 is 0 Å². The van der Waals surface area contributed by atoms with E-state index in [0.29, 0.717) is 12.0 Å². The van der Waals surface area contributed by atoms with Gasteiger partial charge in [-0.15, -0.1) is 0 Å². The van der Waals surface area contributed by atoms with Crippen LogP contribution in [-0.4, -0.2) is 11.7 Å². The first kappa shape index (κ1) is 13.0. The Morgan fingerprint density at radius 3 is 2.08 bits per heavy atom. The van der Waals surface area contributed by atoms with E-state index in [9.17, 15) is 0 Å². The molecule has 0 fully saturated rings. The van der Waals surface area contributed by atoms with Crippen LogP contribution in [0.1, 0.15) is 65.7 Å². The van der Waals surface area contributed by atoms with Crippen LogP contribution in [0, 0.1) is 5.41 Å². The van der Waals surface area contributed by atoms with Crippen LogP contribution in [0.15, 0.2) is 0 Å². The Morgan fingerprint density at radius 1 is 0.923 bits per heavy atom. The summed E-state index contributed by atoms with van der Waals surface area (Å²) >= 11 is 0. The lowest BCUT2D eigenvalue weighted by atomic mass is 9.82. The summed E-state index contributed by atoms with van der Waals surface area (Å²) < 4.78 is 0. The highest BCUT2D eigenvalue weighted by Gasteiger charge is 2.15. The van der Waals surface area contributed by atoms with Gasteiger partial charge in [0.15, 0.2) is 0 Å². The van der Waals surface area contributed by atoms with Crippen LogP contribution < -0.4 is 0 Å². The molecule has 0 unspecified atom stereocenters. The van der Waals surface area contributed by atoms with Crippen molar-refractivity contribution in [1.29, 1.82) is 0 Å². The van der Waals surface area contributed by atoms with Crippen molar-refractivity contribution < 1.29 is 5.11 Å². The highest BCUT2D eigenvalue weighted by atomic mass is 16.2. The Labute approximate surface area is 83.5 Å². The molecule has 1 N–H and O–H groups in total. The van der Waals surface area contributed by atoms with E-state index in [1.165, 1.54) is 32.1 Å². The molecule has 0 aromatic carbocycles. The van der Waals surface area contributed by atoms with Gasteiger partial charge in [0.05, 0.1) is 0 Å². The lowest BCUT2D eigenvalue weighted by Crippen LogP contribution is -2.11. The summed E-state index contributed by atoms with van der Waals surface area (Å²) in [4.78, 5) is 0. The van der Waals surface area contributed by atoms with Gasteiger partial charge >= 0.3 is 0 Å². The third-order valence-corrected chi connectivity index (χ3v) is 2.72. The molecule has 13 heavy (non-hydrogen) atoms.